The molecule has 1 heterocycles. The molecule has 1 aromatic rings. The number of ether oxygens (including phenoxy) is 1. The SMILES string of the molecule is CC(CN(C)C(=O)NC1COc2ccc(F)cc2C1)C(=O)O. The van der Waals surface area contributed by atoms with E-state index in [1.54, 1.807) is 6.07 Å². The molecule has 7 heteroatoms. The van der Waals surface area contributed by atoms with Gasteiger partial charge in [-0.1, -0.05) is 6.92 Å². The molecule has 2 atom stereocenters. The van der Waals surface area contributed by atoms with Crippen molar-refractivity contribution in [2.75, 3.05) is 20.2 Å². The van der Waals surface area contributed by atoms with Crippen LogP contribution in [0, 0.1) is 11.7 Å². The molecule has 2 amide bonds. The highest BCUT2D eigenvalue weighted by molar-refractivity contribution is 5.76. The Kier molecular flexibility index (Phi) is 4.85. The van der Waals surface area contributed by atoms with Gasteiger partial charge in [0.15, 0.2) is 0 Å². The van der Waals surface area contributed by atoms with Gasteiger partial charge in [0.2, 0.25) is 0 Å². The molecule has 0 saturated heterocycles. The van der Waals surface area contributed by atoms with Crippen LogP contribution in [-0.2, 0) is 11.2 Å². The van der Waals surface area contributed by atoms with Gasteiger partial charge in [-0.15, -0.1) is 0 Å². The quantitative estimate of drug-likeness (QED) is 0.883. The molecule has 0 aromatic heterocycles. The highest BCUT2D eigenvalue weighted by Crippen LogP contribution is 2.25. The summed E-state index contributed by atoms with van der Waals surface area (Å²) in [6.07, 6.45) is 0.473. The normalized spacial score (nSPS) is 17.9. The Morgan fingerprint density at radius 3 is 2.95 bits per heavy atom. The van der Waals surface area contributed by atoms with Crippen LogP contribution in [0.2, 0.25) is 0 Å². The minimum atomic E-state index is -0.954. The number of amides is 2. The van der Waals surface area contributed by atoms with Gasteiger partial charge in [-0.25, -0.2) is 9.18 Å². The largest absolute Gasteiger partial charge is 0.491 e. The van der Waals surface area contributed by atoms with Crippen LogP contribution in [0.5, 0.6) is 5.75 Å². The van der Waals surface area contributed by atoms with E-state index in [9.17, 15) is 14.0 Å². The predicted octanol–water partition coefficient (Wildman–Crippen LogP) is 1.49. The van der Waals surface area contributed by atoms with Crippen LogP contribution in [0.3, 0.4) is 0 Å². The second kappa shape index (κ2) is 6.64. The van der Waals surface area contributed by atoms with Crippen molar-refractivity contribution in [2.24, 2.45) is 5.92 Å². The number of carbonyl (C=O) groups excluding carboxylic acids is 1. The van der Waals surface area contributed by atoms with Gasteiger partial charge < -0.3 is 20.1 Å². The Hall–Kier alpha value is -2.31. The second-order valence-electron chi connectivity index (χ2n) is 5.53. The van der Waals surface area contributed by atoms with Gasteiger partial charge in [-0.2, -0.15) is 0 Å². The molecule has 2 N–H and O–H groups in total. The maximum Gasteiger partial charge on any atom is 0.317 e. The van der Waals surface area contributed by atoms with E-state index >= 15 is 0 Å². The molecule has 1 aromatic carbocycles. The molecule has 1 aliphatic heterocycles. The minimum Gasteiger partial charge on any atom is -0.491 e. The van der Waals surface area contributed by atoms with Crippen LogP contribution in [0.25, 0.3) is 0 Å². The van der Waals surface area contributed by atoms with E-state index in [0.29, 0.717) is 24.3 Å². The summed E-state index contributed by atoms with van der Waals surface area (Å²) in [5, 5.41) is 11.6. The third kappa shape index (κ3) is 3.87. The summed E-state index contributed by atoms with van der Waals surface area (Å²) < 4.78 is 18.7. The third-order valence-corrected chi connectivity index (χ3v) is 3.57. The number of hydrogen-bond acceptors (Lipinski definition) is 3. The monoisotopic (exact) mass is 310 g/mol. The highest BCUT2D eigenvalue weighted by atomic mass is 19.1. The highest BCUT2D eigenvalue weighted by Gasteiger charge is 2.24. The van der Waals surface area contributed by atoms with E-state index in [4.69, 9.17) is 9.84 Å². The first-order valence-electron chi connectivity index (χ1n) is 7.02. The summed E-state index contributed by atoms with van der Waals surface area (Å²) in [5.74, 6) is -1.32. The molecule has 0 spiro atoms. The summed E-state index contributed by atoms with van der Waals surface area (Å²) in [6.45, 7) is 1.95. The molecule has 1 aliphatic rings. The third-order valence-electron chi connectivity index (χ3n) is 3.57. The molecule has 6 nitrogen and oxygen atoms in total. The van der Waals surface area contributed by atoms with E-state index < -0.39 is 11.9 Å². The summed E-state index contributed by atoms with van der Waals surface area (Å²) >= 11 is 0. The molecule has 22 heavy (non-hydrogen) atoms. The first kappa shape index (κ1) is 16.1. The number of benzene rings is 1. The molecule has 0 fully saturated rings. The zero-order valence-electron chi connectivity index (χ0n) is 12.5. The van der Waals surface area contributed by atoms with Crippen molar-refractivity contribution in [3.05, 3.63) is 29.6 Å². The maximum atomic E-state index is 13.2. The predicted molar refractivity (Wildman–Crippen MR) is 77.3 cm³/mol. The van der Waals surface area contributed by atoms with Crippen molar-refractivity contribution in [1.29, 1.82) is 0 Å². The van der Waals surface area contributed by atoms with E-state index in [1.807, 2.05) is 0 Å². The molecule has 0 aliphatic carbocycles. The van der Waals surface area contributed by atoms with Crippen molar-refractivity contribution in [1.82, 2.24) is 10.2 Å². The number of aliphatic carboxylic acids is 1. The van der Waals surface area contributed by atoms with E-state index in [2.05, 4.69) is 5.32 Å². The number of carboxylic acid groups (broad SMARTS) is 1. The number of rotatable bonds is 4. The number of halogens is 1. The van der Waals surface area contributed by atoms with Crippen LogP contribution in [0.4, 0.5) is 9.18 Å². The van der Waals surface area contributed by atoms with Gasteiger partial charge in [0, 0.05) is 13.6 Å². The fraction of sp³-hybridized carbons (Fsp3) is 0.467. The van der Waals surface area contributed by atoms with Crippen LogP contribution in [0.15, 0.2) is 18.2 Å². The van der Waals surface area contributed by atoms with Gasteiger partial charge in [-0.3, -0.25) is 4.79 Å². The lowest BCUT2D eigenvalue weighted by atomic mass is 10.0. The van der Waals surface area contributed by atoms with Crippen molar-refractivity contribution >= 4 is 12.0 Å². The number of fused-ring (bicyclic) bond motifs is 1. The van der Waals surface area contributed by atoms with E-state index in [1.165, 1.54) is 31.0 Å². The Labute approximate surface area is 127 Å². The van der Waals surface area contributed by atoms with E-state index in [-0.39, 0.29) is 24.4 Å². The summed E-state index contributed by atoms with van der Waals surface area (Å²) in [4.78, 5) is 24.2. The summed E-state index contributed by atoms with van der Waals surface area (Å²) in [7, 11) is 1.53. The molecule has 0 radical (unpaired) electrons. The number of carbonyl (C=O) groups is 2. The molecule has 0 saturated carbocycles. The number of urea groups is 1. The van der Waals surface area contributed by atoms with Crippen LogP contribution in [0.1, 0.15) is 12.5 Å². The molecular weight excluding hydrogens is 291 g/mol. The van der Waals surface area contributed by atoms with Crippen molar-refractivity contribution in [3.63, 3.8) is 0 Å². The van der Waals surface area contributed by atoms with Gasteiger partial charge in [0.05, 0.1) is 12.0 Å². The summed E-state index contributed by atoms with van der Waals surface area (Å²) in [5.41, 5.74) is 0.707. The Morgan fingerprint density at radius 2 is 2.27 bits per heavy atom. The Morgan fingerprint density at radius 1 is 1.55 bits per heavy atom. The standard InChI is InChI=1S/C15H19FN2O4/c1-9(14(19)20)7-18(2)15(21)17-12-6-10-5-11(16)3-4-13(10)22-8-12/h3-5,9,12H,6-8H2,1-2H3,(H,17,21)(H,19,20). The van der Waals surface area contributed by atoms with Crippen molar-refractivity contribution in [2.45, 2.75) is 19.4 Å². The number of carboxylic acids is 1. The average molecular weight is 310 g/mol. The summed E-state index contributed by atoms with van der Waals surface area (Å²) in [6, 6.07) is 3.65. The molecular formula is C15H19FN2O4. The van der Waals surface area contributed by atoms with Crippen molar-refractivity contribution in [3.8, 4) is 5.75 Å². The zero-order chi connectivity index (χ0) is 16.3. The van der Waals surface area contributed by atoms with Crippen LogP contribution < -0.4 is 10.1 Å². The fourth-order valence-electron chi connectivity index (χ4n) is 2.31. The van der Waals surface area contributed by atoms with Crippen molar-refractivity contribution < 1.29 is 23.8 Å². The average Bonchev–Trinajstić information content (AvgIpc) is 2.46. The van der Waals surface area contributed by atoms with Crippen LogP contribution in [-0.4, -0.2) is 48.2 Å². The smallest absolute Gasteiger partial charge is 0.317 e. The molecule has 120 valence electrons. The Balaban J connectivity index is 1.91. The van der Waals surface area contributed by atoms with Gasteiger partial charge >= 0.3 is 12.0 Å². The lowest BCUT2D eigenvalue weighted by Crippen LogP contribution is -2.49. The lowest BCUT2D eigenvalue weighted by molar-refractivity contribution is -0.141. The first-order chi connectivity index (χ1) is 10.4. The zero-order valence-corrected chi connectivity index (χ0v) is 12.5. The fourth-order valence-corrected chi connectivity index (χ4v) is 2.31. The number of nitrogens with one attached hydrogen (secondary N) is 1. The van der Waals surface area contributed by atoms with Gasteiger partial charge in [0.1, 0.15) is 18.2 Å². The molecule has 2 rings (SSSR count). The lowest BCUT2D eigenvalue weighted by Gasteiger charge is -2.28. The van der Waals surface area contributed by atoms with Gasteiger partial charge in [0.25, 0.3) is 0 Å². The topological polar surface area (TPSA) is 78.9 Å². The number of nitrogens with zero attached hydrogens (tertiary/aromatic N) is 1. The second-order valence-corrected chi connectivity index (χ2v) is 5.53. The first-order valence-corrected chi connectivity index (χ1v) is 7.02. The van der Waals surface area contributed by atoms with Crippen LogP contribution >= 0.6 is 0 Å². The maximum absolute atomic E-state index is 13.2. The molecule has 2 unspecified atom stereocenters. The Bertz CT molecular complexity index is 579. The minimum absolute atomic E-state index is 0.111. The van der Waals surface area contributed by atoms with Gasteiger partial charge in [-0.05, 0) is 30.2 Å². The number of hydrogen-bond donors (Lipinski definition) is 2. The van der Waals surface area contributed by atoms with E-state index in [0.717, 1.165) is 0 Å². The molecule has 0 bridgehead atoms.